The van der Waals surface area contributed by atoms with E-state index in [0.29, 0.717) is 30.7 Å². The molecule has 0 saturated carbocycles. The second-order valence-electron chi connectivity index (χ2n) is 5.69. The Kier molecular flexibility index (Phi) is 8.04. The number of halogens is 8. The SMILES string of the molecule is Cl.FC(F)(F)CC[C@@H](c1cc(C(F)(F)F)ccc1Br)N1CCNCC1. The molecule has 0 spiro atoms. The van der Waals surface area contributed by atoms with Crippen LogP contribution in [0.2, 0.25) is 0 Å². The number of alkyl halides is 6. The highest BCUT2D eigenvalue weighted by Gasteiger charge is 2.35. The van der Waals surface area contributed by atoms with Crippen LogP contribution in [0.5, 0.6) is 0 Å². The van der Waals surface area contributed by atoms with Crippen molar-refractivity contribution >= 4 is 28.3 Å². The van der Waals surface area contributed by atoms with E-state index < -0.39 is 30.4 Å². The van der Waals surface area contributed by atoms with E-state index in [-0.39, 0.29) is 24.4 Å². The molecule has 1 aromatic rings. The zero-order chi connectivity index (χ0) is 18.0. The van der Waals surface area contributed by atoms with E-state index in [1.807, 2.05) is 4.90 Å². The Bertz CT molecular complexity index is 558. The Morgan fingerprint density at radius 3 is 2.20 bits per heavy atom. The van der Waals surface area contributed by atoms with Crippen LogP contribution >= 0.6 is 28.3 Å². The Balaban J connectivity index is 0.00000312. The molecule has 2 nitrogen and oxygen atoms in total. The van der Waals surface area contributed by atoms with Crippen LogP contribution in [0.25, 0.3) is 0 Å². The van der Waals surface area contributed by atoms with E-state index in [0.717, 1.165) is 12.1 Å². The van der Waals surface area contributed by atoms with Crippen LogP contribution in [-0.2, 0) is 6.18 Å². The molecule has 0 radical (unpaired) electrons. The average molecular weight is 456 g/mol. The third-order valence-corrected chi connectivity index (χ3v) is 4.70. The lowest BCUT2D eigenvalue weighted by atomic mass is 9.97. The van der Waals surface area contributed by atoms with Gasteiger partial charge >= 0.3 is 12.4 Å². The molecule has 1 saturated heterocycles. The van der Waals surface area contributed by atoms with Gasteiger partial charge in [-0.2, -0.15) is 26.3 Å². The second-order valence-corrected chi connectivity index (χ2v) is 6.54. The first-order valence-electron chi connectivity index (χ1n) is 7.46. The Morgan fingerprint density at radius 1 is 1.08 bits per heavy atom. The number of nitrogens with one attached hydrogen (secondary N) is 1. The van der Waals surface area contributed by atoms with Gasteiger partial charge in [0.25, 0.3) is 0 Å². The fourth-order valence-electron chi connectivity index (χ4n) is 2.80. The van der Waals surface area contributed by atoms with Crippen molar-refractivity contribution < 1.29 is 26.3 Å². The summed E-state index contributed by atoms with van der Waals surface area (Å²) >= 11 is 3.19. The van der Waals surface area contributed by atoms with Gasteiger partial charge in [-0.25, -0.2) is 0 Å². The zero-order valence-corrected chi connectivity index (χ0v) is 15.5. The van der Waals surface area contributed by atoms with Crippen molar-refractivity contribution in [1.82, 2.24) is 10.2 Å². The Hall–Kier alpha value is -0.510. The van der Waals surface area contributed by atoms with Crippen molar-refractivity contribution in [1.29, 1.82) is 0 Å². The van der Waals surface area contributed by atoms with Crippen LogP contribution in [0.1, 0.15) is 30.0 Å². The van der Waals surface area contributed by atoms with Crippen LogP contribution in [0.15, 0.2) is 22.7 Å². The molecule has 1 fully saturated rings. The monoisotopic (exact) mass is 454 g/mol. The Labute approximate surface area is 156 Å². The zero-order valence-electron chi connectivity index (χ0n) is 13.1. The standard InChI is InChI=1S/C15H17BrF6N2.ClH/c16-12-2-1-10(15(20,21)22)9-11(12)13(3-4-14(17,18)19)24-7-5-23-6-8-24;/h1-2,9,13,23H,3-8H2;1H/t13-;/m0./s1. The van der Waals surface area contributed by atoms with Crippen molar-refractivity contribution in [3.8, 4) is 0 Å². The van der Waals surface area contributed by atoms with Crippen molar-refractivity contribution in [2.75, 3.05) is 26.2 Å². The number of rotatable bonds is 4. The van der Waals surface area contributed by atoms with E-state index in [1.165, 1.54) is 6.07 Å². The summed E-state index contributed by atoms with van der Waals surface area (Å²) in [6.45, 7) is 2.18. The summed E-state index contributed by atoms with van der Waals surface area (Å²) in [6.07, 6.45) is -10.2. The molecule has 1 aliphatic heterocycles. The quantitative estimate of drug-likeness (QED) is 0.630. The van der Waals surface area contributed by atoms with Crippen LogP contribution in [0.3, 0.4) is 0 Å². The summed E-state index contributed by atoms with van der Waals surface area (Å²) in [5.74, 6) is 0. The highest BCUT2D eigenvalue weighted by molar-refractivity contribution is 9.10. The fourth-order valence-corrected chi connectivity index (χ4v) is 3.32. The van der Waals surface area contributed by atoms with Gasteiger partial charge in [-0.3, -0.25) is 4.90 Å². The molecule has 1 aliphatic rings. The van der Waals surface area contributed by atoms with Gasteiger partial charge in [0, 0.05) is 43.1 Å². The molecule has 0 amide bonds. The predicted molar refractivity (Wildman–Crippen MR) is 88.9 cm³/mol. The molecule has 10 heteroatoms. The van der Waals surface area contributed by atoms with Gasteiger partial charge in [0.1, 0.15) is 0 Å². The third-order valence-electron chi connectivity index (χ3n) is 3.98. The molecule has 1 aromatic carbocycles. The molecule has 1 heterocycles. The molecule has 2 rings (SSSR count). The summed E-state index contributed by atoms with van der Waals surface area (Å²) in [5, 5.41) is 3.09. The maximum Gasteiger partial charge on any atom is 0.416 e. The first-order valence-corrected chi connectivity index (χ1v) is 8.25. The number of hydrogen-bond acceptors (Lipinski definition) is 2. The van der Waals surface area contributed by atoms with Crippen molar-refractivity contribution in [2.24, 2.45) is 0 Å². The van der Waals surface area contributed by atoms with Gasteiger partial charge in [-0.15, -0.1) is 12.4 Å². The first kappa shape index (κ1) is 22.5. The van der Waals surface area contributed by atoms with Crippen LogP contribution < -0.4 is 5.32 Å². The normalized spacial score (nSPS) is 17.9. The summed E-state index contributed by atoms with van der Waals surface area (Å²) < 4.78 is 77.2. The molecule has 0 bridgehead atoms. The summed E-state index contributed by atoms with van der Waals surface area (Å²) in [7, 11) is 0. The lowest BCUT2D eigenvalue weighted by molar-refractivity contribution is -0.140. The van der Waals surface area contributed by atoms with E-state index in [1.54, 1.807) is 0 Å². The van der Waals surface area contributed by atoms with Crippen molar-refractivity contribution in [3.63, 3.8) is 0 Å². The lowest BCUT2D eigenvalue weighted by Gasteiger charge is -2.36. The minimum Gasteiger partial charge on any atom is -0.314 e. The van der Waals surface area contributed by atoms with Gasteiger partial charge in [0.15, 0.2) is 0 Å². The summed E-state index contributed by atoms with van der Waals surface area (Å²) in [5.41, 5.74) is -0.608. The molecule has 1 N–H and O–H groups in total. The molecule has 25 heavy (non-hydrogen) atoms. The minimum absolute atomic E-state index is 0. The maximum atomic E-state index is 13.0. The highest BCUT2D eigenvalue weighted by atomic mass is 79.9. The van der Waals surface area contributed by atoms with E-state index in [2.05, 4.69) is 21.2 Å². The van der Waals surface area contributed by atoms with Gasteiger partial charge in [0.2, 0.25) is 0 Å². The first-order chi connectivity index (χ1) is 11.1. The molecule has 0 unspecified atom stereocenters. The number of piperazine rings is 1. The molecule has 144 valence electrons. The topological polar surface area (TPSA) is 15.3 Å². The van der Waals surface area contributed by atoms with Crippen LogP contribution in [-0.4, -0.2) is 37.3 Å². The van der Waals surface area contributed by atoms with Crippen molar-refractivity contribution in [2.45, 2.75) is 31.2 Å². The molecule has 0 aliphatic carbocycles. The second kappa shape index (κ2) is 8.92. The highest BCUT2D eigenvalue weighted by Crippen LogP contribution is 2.38. The Morgan fingerprint density at radius 2 is 1.68 bits per heavy atom. The third kappa shape index (κ3) is 6.62. The minimum atomic E-state index is -4.53. The molecular weight excluding hydrogens is 438 g/mol. The number of hydrogen-bond donors (Lipinski definition) is 1. The number of benzene rings is 1. The van der Waals surface area contributed by atoms with Crippen LogP contribution in [0, 0.1) is 0 Å². The van der Waals surface area contributed by atoms with Crippen molar-refractivity contribution in [3.05, 3.63) is 33.8 Å². The van der Waals surface area contributed by atoms with Crippen LogP contribution in [0.4, 0.5) is 26.3 Å². The molecule has 1 atom stereocenters. The maximum absolute atomic E-state index is 13.0. The fraction of sp³-hybridized carbons (Fsp3) is 0.600. The van der Waals surface area contributed by atoms with Gasteiger partial charge in [-0.05, 0) is 30.2 Å². The smallest absolute Gasteiger partial charge is 0.314 e. The molecular formula is C15H18BrClF6N2. The summed E-state index contributed by atoms with van der Waals surface area (Å²) in [4.78, 5) is 1.81. The van der Waals surface area contributed by atoms with E-state index >= 15 is 0 Å². The van der Waals surface area contributed by atoms with E-state index in [4.69, 9.17) is 0 Å². The van der Waals surface area contributed by atoms with Gasteiger partial charge in [-0.1, -0.05) is 15.9 Å². The summed E-state index contributed by atoms with van der Waals surface area (Å²) in [6, 6.07) is 2.41. The number of nitrogens with zero attached hydrogens (tertiary/aromatic N) is 1. The predicted octanol–water partition coefficient (Wildman–Crippen LogP) is 5.18. The van der Waals surface area contributed by atoms with E-state index in [9.17, 15) is 26.3 Å². The van der Waals surface area contributed by atoms with Gasteiger partial charge < -0.3 is 5.32 Å². The molecule has 0 aromatic heterocycles. The lowest BCUT2D eigenvalue weighted by Crippen LogP contribution is -2.45. The van der Waals surface area contributed by atoms with Gasteiger partial charge in [0.05, 0.1) is 5.56 Å². The average Bonchev–Trinajstić information content (AvgIpc) is 2.48. The largest absolute Gasteiger partial charge is 0.416 e.